The number of nitrogens with one attached hydrogen (secondary N) is 1. The van der Waals surface area contributed by atoms with E-state index in [0.29, 0.717) is 11.9 Å². The van der Waals surface area contributed by atoms with Gasteiger partial charge in [-0.1, -0.05) is 12.2 Å². The van der Waals surface area contributed by atoms with Gasteiger partial charge in [0.25, 0.3) is 0 Å². The Labute approximate surface area is 113 Å². The van der Waals surface area contributed by atoms with Crippen molar-refractivity contribution >= 4 is 23.5 Å². The SMILES string of the molecule is C/C=C/CCNc1nc(Cl)nc(N(CC)CC)n1. The topological polar surface area (TPSA) is 53.9 Å². The number of rotatable bonds is 7. The summed E-state index contributed by atoms with van der Waals surface area (Å²) in [5.41, 5.74) is 0. The molecule has 100 valence electrons. The second-order valence-corrected chi connectivity index (χ2v) is 4.02. The van der Waals surface area contributed by atoms with Crippen LogP contribution < -0.4 is 10.2 Å². The number of anilines is 2. The van der Waals surface area contributed by atoms with Crippen molar-refractivity contribution in [2.45, 2.75) is 27.2 Å². The third-order valence-corrected chi connectivity index (χ3v) is 2.64. The van der Waals surface area contributed by atoms with Gasteiger partial charge in [0.1, 0.15) is 0 Å². The first-order chi connectivity index (χ1) is 8.71. The van der Waals surface area contributed by atoms with E-state index >= 15 is 0 Å². The first-order valence-corrected chi connectivity index (χ1v) is 6.60. The lowest BCUT2D eigenvalue weighted by molar-refractivity contribution is 0.811. The molecule has 1 N–H and O–H groups in total. The second kappa shape index (κ2) is 7.87. The summed E-state index contributed by atoms with van der Waals surface area (Å²) in [5, 5.41) is 3.36. The van der Waals surface area contributed by atoms with Gasteiger partial charge in [-0.3, -0.25) is 0 Å². The van der Waals surface area contributed by atoms with Crippen molar-refractivity contribution < 1.29 is 0 Å². The Morgan fingerprint density at radius 3 is 2.56 bits per heavy atom. The molecule has 1 heterocycles. The zero-order valence-corrected chi connectivity index (χ0v) is 11.9. The highest BCUT2D eigenvalue weighted by molar-refractivity contribution is 6.28. The lowest BCUT2D eigenvalue weighted by atomic mass is 10.4. The summed E-state index contributed by atoms with van der Waals surface area (Å²) in [5.74, 6) is 1.15. The van der Waals surface area contributed by atoms with Crippen LogP contribution in [0, 0.1) is 0 Å². The van der Waals surface area contributed by atoms with Crippen LogP contribution in [0.15, 0.2) is 12.2 Å². The summed E-state index contributed by atoms with van der Waals surface area (Å²) >= 11 is 5.91. The number of hydrogen-bond acceptors (Lipinski definition) is 5. The molecule has 0 saturated carbocycles. The fraction of sp³-hybridized carbons (Fsp3) is 0.583. The molecule has 1 aromatic heterocycles. The molecule has 0 unspecified atom stereocenters. The summed E-state index contributed by atoms with van der Waals surface area (Å²) in [6.45, 7) is 8.57. The monoisotopic (exact) mass is 269 g/mol. The second-order valence-electron chi connectivity index (χ2n) is 3.68. The fourth-order valence-electron chi connectivity index (χ4n) is 1.50. The van der Waals surface area contributed by atoms with Crippen LogP contribution in [0.25, 0.3) is 0 Å². The van der Waals surface area contributed by atoms with Crippen LogP contribution in [0.5, 0.6) is 0 Å². The van der Waals surface area contributed by atoms with Gasteiger partial charge >= 0.3 is 0 Å². The fourth-order valence-corrected chi connectivity index (χ4v) is 1.66. The molecule has 1 aromatic rings. The van der Waals surface area contributed by atoms with Crippen LogP contribution in [-0.4, -0.2) is 34.6 Å². The van der Waals surface area contributed by atoms with Gasteiger partial charge in [0.15, 0.2) is 0 Å². The van der Waals surface area contributed by atoms with Gasteiger partial charge in [-0.15, -0.1) is 0 Å². The Morgan fingerprint density at radius 2 is 1.94 bits per heavy atom. The van der Waals surface area contributed by atoms with E-state index in [4.69, 9.17) is 11.6 Å². The molecular formula is C12H20ClN5. The van der Waals surface area contributed by atoms with Crippen molar-refractivity contribution in [3.63, 3.8) is 0 Å². The zero-order chi connectivity index (χ0) is 13.4. The van der Waals surface area contributed by atoms with E-state index < -0.39 is 0 Å². The Balaban J connectivity index is 2.73. The van der Waals surface area contributed by atoms with Crippen molar-refractivity contribution in [3.05, 3.63) is 17.4 Å². The summed E-state index contributed by atoms with van der Waals surface area (Å²) in [7, 11) is 0. The van der Waals surface area contributed by atoms with Crippen molar-refractivity contribution in [1.29, 1.82) is 0 Å². The standard InChI is InChI=1S/C12H20ClN5/c1-4-7-8-9-14-11-15-10(13)16-12(17-11)18(5-2)6-3/h4,7H,5-6,8-9H2,1-3H3,(H,14,15,16,17)/b7-4+. The Bertz CT molecular complexity index is 390. The maximum atomic E-state index is 5.91. The molecule has 1 rings (SSSR count). The number of hydrogen-bond donors (Lipinski definition) is 1. The first kappa shape index (κ1) is 14.7. The highest BCUT2D eigenvalue weighted by Crippen LogP contribution is 2.13. The minimum atomic E-state index is 0.223. The van der Waals surface area contributed by atoms with E-state index in [2.05, 4.69) is 40.2 Å². The van der Waals surface area contributed by atoms with Crippen LogP contribution in [0.3, 0.4) is 0 Å². The largest absolute Gasteiger partial charge is 0.354 e. The number of allylic oxidation sites excluding steroid dienone is 1. The smallest absolute Gasteiger partial charge is 0.231 e. The molecule has 0 aromatic carbocycles. The van der Waals surface area contributed by atoms with Crippen LogP contribution in [0.4, 0.5) is 11.9 Å². The molecule has 0 aliphatic rings. The van der Waals surface area contributed by atoms with Gasteiger partial charge in [0, 0.05) is 19.6 Å². The number of nitrogens with zero attached hydrogens (tertiary/aromatic N) is 4. The maximum absolute atomic E-state index is 5.91. The lowest BCUT2D eigenvalue weighted by Gasteiger charge is -2.18. The van der Waals surface area contributed by atoms with Crippen molar-refractivity contribution in [2.24, 2.45) is 0 Å². The molecule has 0 atom stereocenters. The summed E-state index contributed by atoms with van der Waals surface area (Å²) in [6.07, 6.45) is 5.03. The molecule has 0 aliphatic heterocycles. The highest BCUT2D eigenvalue weighted by atomic mass is 35.5. The molecule has 0 spiro atoms. The molecule has 5 nitrogen and oxygen atoms in total. The molecule has 0 amide bonds. The van der Waals surface area contributed by atoms with E-state index in [1.165, 1.54) is 0 Å². The minimum Gasteiger partial charge on any atom is -0.354 e. The number of aromatic nitrogens is 3. The summed E-state index contributed by atoms with van der Waals surface area (Å²) in [4.78, 5) is 14.6. The zero-order valence-electron chi connectivity index (χ0n) is 11.1. The van der Waals surface area contributed by atoms with E-state index in [1.54, 1.807) is 0 Å². The Morgan fingerprint density at radius 1 is 1.22 bits per heavy atom. The molecule has 0 aliphatic carbocycles. The molecule has 0 bridgehead atoms. The van der Waals surface area contributed by atoms with Crippen LogP contribution in [0.2, 0.25) is 5.28 Å². The van der Waals surface area contributed by atoms with Crippen molar-refractivity contribution in [3.8, 4) is 0 Å². The molecule has 18 heavy (non-hydrogen) atoms. The maximum Gasteiger partial charge on any atom is 0.231 e. The van der Waals surface area contributed by atoms with Gasteiger partial charge in [0.2, 0.25) is 17.2 Å². The predicted molar refractivity (Wildman–Crippen MR) is 76.3 cm³/mol. The average molecular weight is 270 g/mol. The van der Waals surface area contributed by atoms with E-state index in [9.17, 15) is 0 Å². The normalized spacial score (nSPS) is 10.9. The van der Waals surface area contributed by atoms with Crippen LogP contribution >= 0.6 is 11.6 Å². The van der Waals surface area contributed by atoms with Gasteiger partial charge in [0.05, 0.1) is 0 Å². The average Bonchev–Trinajstić information content (AvgIpc) is 2.36. The van der Waals surface area contributed by atoms with Gasteiger partial charge in [-0.05, 0) is 38.8 Å². The van der Waals surface area contributed by atoms with E-state index in [1.807, 2.05) is 17.9 Å². The van der Waals surface area contributed by atoms with Gasteiger partial charge < -0.3 is 10.2 Å². The third kappa shape index (κ3) is 4.49. The first-order valence-electron chi connectivity index (χ1n) is 6.22. The summed E-state index contributed by atoms with van der Waals surface area (Å²) < 4.78 is 0. The Hall–Kier alpha value is -1.36. The van der Waals surface area contributed by atoms with Crippen LogP contribution in [-0.2, 0) is 0 Å². The number of halogens is 1. The van der Waals surface area contributed by atoms with E-state index in [-0.39, 0.29) is 5.28 Å². The molecule has 0 radical (unpaired) electrons. The summed E-state index contributed by atoms with van der Waals surface area (Å²) in [6, 6.07) is 0. The molecule has 0 fully saturated rings. The van der Waals surface area contributed by atoms with E-state index in [0.717, 1.165) is 26.1 Å². The third-order valence-electron chi connectivity index (χ3n) is 2.47. The van der Waals surface area contributed by atoms with Crippen molar-refractivity contribution in [1.82, 2.24) is 15.0 Å². The quantitative estimate of drug-likeness (QED) is 0.609. The molecule has 6 heteroatoms. The van der Waals surface area contributed by atoms with Gasteiger partial charge in [-0.25, -0.2) is 0 Å². The van der Waals surface area contributed by atoms with Gasteiger partial charge in [-0.2, -0.15) is 15.0 Å². The molecule has 0 saturated heterocycles. The molecular weight excluding hydrogens is 250 g/mol. The lowest BCUT2D eigenvalue weighted by Crippen LogP contribution is -2.25. The minimum absolute atomic E-state index is 0.223. The highest BCUT2D eigenvalue weighted by Gasteiger charge is 2.09. The Kier molecular flexibility index (Phi) is 6.43. The van der Waals surface area contributed by atoms with Crippen LogP contribution in [0.1, 0.15) is 27.2 Å². The van der Waals surface area contributed by atoms with Crippen molar-refractivity contribution in [2.75, 3.05) is 29.9 Å². The predicted octanol–water partition coefficient (Wildman–Crippen LogP) is 2.75.